The second kappa shape index (κ2) is 3.47. The van der Waals surface area contributed by atoms with E-state index in [0.29, 0.717) is 0 Å². The molecule has 0 radical (unpaired) electrons. The molecule has 0 saturated heterocycles. The maximum absolute atomic E-state index is 11.0. The van der Waals surface area contributed by atoms with Gasteiger partial charge in [-0.05, 0) is 6.07 Å². The quantitative estimate of drug-likeness (QED) is 0.455. The van der Waals surface area contributed by atoms with Gasteiger partial charge in [0.1, 0.15) is 0 Å². The Kier molecular flexibility index (Phi) is 2.34. The van der Waals surface area contributed by atoms with Crippen LogP contribution in [-0.4, -0.2) is 15.8 Å². The smallest absolute Gasteiger partial charge is 0.211 e. The van der Waals surface area contributed by atoms with E-state index in [1.165, 1.54) is 12.4 Å². The van der Waals surface area contributed by atoms with Crippen LogP contribution >= 0.6 is 0 Å². The zero-order chi connectivity index (χ0) is 8.10. The molecule has 0 unspecified atom stereocenters. The lowest BCUT2D eigenvalue weighted by Crippen LogP contribution is -2.02. The number of ketones is 1. The molecule has 1 rings (SSSR count). The highest BCUT2D eigenvalue weighted by Crippen LogP contribution is 1.92. The summed E-state index contributed by atoms with van der Waals surface area (Å²) in [5, 5.41) is 0. The van der Waals surface area contributed by atoms with E-state index in [2.05, 4.69) is 15.9 Å². The Bertz CT molecular complexity index is 287. The SMILES string of the molecule is C#CCC(=O)c1ncccn1. The van der Waals surface area contributed by atoms with E-state index in [1.807, 2.05) is 0 Å². The second-order valence-electron chi connectivity index (χ2n) is 1.88. The Morgan fingerprint density at radius 1 is 1.55 bits per heavy atom. The van der Waals surface area contributed by atoms with E-state index >= 15 is 0 Å². The Hall–Kier alpha value is -1.69. The largest absolute Gasteiger partial charge is 0.290 e. The van der Waals surface area contributed by atoms with Crippen molar-refractivity contribution in [3.05, 3.63) is 24.3 Å². The average Bonchev–Trinajstić information content (AvgIpc) is 2.07. The van der Waals surface area contributed by atoms with Crippen LogP contribution in [0.2, 0.25) is 0 Å². The molecule has 0 fully saturated rings. The van der Waals surface area contributed by atoms with E-state index in [9.17, 15) is 4.79 Å². The zero-order valence-electron chi connectivity index (χ0n) is 5.82. The van der Waals surface area contributed by atoms with Crippen LogP contribution in [0.5, 0.6) is 0 Å². The van der Waals surface area contributed by atoms with Gasteiger partial charge < -0.3 is 0 Å². The molecule has 0 saturated carbocycles. The fraction of sp³-hybridized carbons (Fsp3) is 0.125. The lowest BCUT2D eigenvalue weighted by atomic mass is 10.3. The van der Waals surface area contributed by atoms with Gasteiger partial charge in [0.15, 0.2) is 5.82 Å². The summed E-state index contributed by atoms with van der Waals surface area (Å²) in [5.74, 6) is 2.21. The second-order valence-corrected chi connectivity index (χ2v) is 1.88. The monoisotopic (exact) mass is 146 g/mol. The van der Waals surface area contributed by atoms with Crippen molar-refractivity contribution in [3.8, 4) is 12.3 Å². The number of carbonyl (C=O) groups excluding carboxylic acids is 1. The summed E-state index contributed by atoms with van der Waals surface area (Å²) >= 11 is 0. The molecular weight excluding hydrogens is 140 g/mol. The van der Waals surface area contributed by atoms with Crippen molar-refractivity contribution in [3.63, 3.8) is 0 Å². The lowest BCUT2D eigenvalue weighted by Gasteiger charge is -1.91. The number of rotatable bonds is 2. The highest BCUT2D eigenvalue weighted by molar-refractivity contribution is 5.93. The zero-order valence-corrected chi connectivity index (χ0v) is 5.82. The van der Waals surface area contributed by atoms with Crippen molar-refractivity contribution in [1.82, 2.24) is 9.97 Å². The average molecular weight is 146 g/mol. The number of terminal acetylenes is 1. The predicted molar refractivity (Wildman–Crippen MR) is 39.8 cm³/mol. The molecule has 54 valence electrons. The third kappa shape index (κ3) is 1.87. The van der Waals surface area contributed by atoms with Crippen LogP contribution in [-0.2, 0) is 0 Å². The minimum atomic E-state index is -0.215. The Balaban J connectivity index is 2.79. The molecular formula is C8H6N2O. The molecule has 0 aliphatic rings. The Labute approximate surface area is 64.5 Å². The maximum Gasteiger partial charge on any atom is 0.211 e. The number of Topliss-reactive ketones (excluding diaryl/α,β-unsaturated/α-hetero) is 1. The van der Waals surface area contributed by atoms with Gasteiger partial charge in [0.25, 0.3) is 0 Å². The van der Waals surface area contributed by atoms with Crippen molar-refractivity contribution in [2.24, 2.45) is 0 Å². The molecule has 0 N–H and O–H groups in total. The third-order valence-corrected chi connectivity index (χ3v) is 1.08. The molecule has 0 bridgehead atoms. The number of carbonyl (C=O) groups is 1. The van der Waals surface area contributed by atoms with Gasteiger partial charge in [0, 0.05) is 12.4 Å². The van der Waals surface area contributed by atoms with E-state index in [1.54, 1.807) is 6.07 Å². The van der Waals surface area contributed by atoms with Gasteiger partial charge in [-0.15, -0.1) is 6.42 Å². The summed E-state index contributed by atoms with van der Waals surface area (Å²) in [6, 6.07) is 1.65. The highest BCUT2D eigenvalue weighted by atomic mass is 16.1. The van der Waals surface area contributed by atoms with Crippen LogP contribution < -0.4 is 0 Å². The fourth-order valence-electron chi connectivity index (χ4n) is 0.615. The first kappa shape index (κ1) is 7.42. The molecule has 1 heterocycles. The molecule has 0 aliphatic carbocycles. The Morgan fingerprint density at radius 3 is 2.73 bits per heavy atom. The van der Waals surface area contributed by atoms with Gasteiger partial charge in [-0.1, -0.05) is 5.92 Å². The van der Waals surface area contributed by atoms with Gasteiger partial charge in [-0.2, -0.15) is 0 Å². The minimum Gasteiger partial charge on any atom is -0.290 e. The van der Waals surface area contributed by atoms with Gasteiger partial charge >= 0.3 is 0 Å². The van der Waals surface area contributed by atoms with Gasteiger partial charge in [-0.25, -0.2) is 9.97 Å². The van der Waals surface area contributed by atoms with Crippen molar-refractivity contribution < 1.29 is 4.79 Å². The molecule has 3 heteroatoms. The summed E-state index contributed by atoms with van der Waals surface area (Å²) in [6.45, 7) is 0. The van der Waals surface area contributed by atoms with E-state index < -0.39 is 0 Å². The van der Waals surface area contributed by atoms with Crippen molar-refractivity contribution in [2.45, 2.75) is 6.42 Å². The summed E-state index contributed by atoms with van der Waals surface area (Å²) in [7, 11) is 0. The normalized spacial score (nSPS) is 8.64. The molecule has 0 aromatic carbocycles. The van der Waals surface area contributed by atoms with Crippen LogP contribution in [0.4, 0.5) is 0 Å². The molecule has 0 atom stereocenters. The third-order valence-electron chi connectivity index (χ3n) is 1.08. The summed E-state index contributed by atoms with van der Waals surface area (Å²) in [6.07, 6.45) is 8.02. The lowest BCUT2D eigenvalue weighted by molar-refractivity contribution is 0.0988. The van der Waals surface area contributed by atoms with Crippen molar-refractivity contribution >= 4 is 5.78 Å². The van der Waals surface area contributed by atoms with Gasteiger partial charge in [0.05, 0.1) is 6.42 Å². The molecule has 0 amide bonds. The summed E-state index contributed by atoms with van der Waals surface area (Å²) < 4.78 is 0. The summed E-state index contributed by atoms with van der Waals surface area (Å²) in [5.41, 5.74) is 0. The molecule has 1 aromatic rings. The van der Waals surface area contributed by atoms with Crippen LogP contribution in [0, 0.1) is 12.3 Å². The van der Waals surface area contributed by atoms with Crippen LogP contribution in [0.1, 0.15) is 17.0 Å². The van der Waals surface area contributed by atoms with Gasteiger partial charge in [0.2, 0.25) is 5.78 Å². The van der Waals surface area contributed by atoms with Crippen molar-refractivity contribution in [2.75, 3.05) is 0 Å². The first-order valence-corrected chi connectivity index (χ1v) is 3.08. The summed E-state index contributed by atoms with van der Waals surface area (Å²) in [4.78, 5) is 18.5. The molecule has 3 nitrogen and oxygen atoms in total. The first-order chi connectivity index (χ1) is 5.34. The van der Waals surface area contributed by atoms with E-state index in [-0.39, 0.29) is 18.0 Å². The van der Waals surface area contributed by atoms with Crippen LogP contribution in [0.25, 0.3) is 0 Å². The number of aromatic nitrogens is 2. The molecule has 11 heavy (non-hydrogen) atoms. The highest BCUT2D eigenvalue weighted by Gasteiger charge is 2.04. The van der Waals surface area contributed by atoms with E-state index in [0.717, 1.165) is 0 Å². The van der Waals surface area contributed by atoms with Crippen LogP contribution in [0.15, 0.2) is 18.5 Å². The van der Waals surface area contributed by atoms with Gasteiger partial charge in [-0.3, -0.25) is 4.79 Å². The molecule has 1 aromatic heterocycles. The van der Waals surface area contributed by atoms with E-state index in [4.69, 9.17) is 6.42 Å². The molecule has 0 aliphatic heterocycles. The molecule has 0 spiro atoms. The van der Waals surface area contributed by atoms with Crippen LogP contribution in [0.3, 0.4) is 0 Å². The number of nitrogens with zero attached hydrogens (tertiary/aromatic N) is 2. The maximum atomic E-state index is 11.0. The predicted octanol–water partition coefficient (Wildman–Crippen LogP) is 0.683. The fourth-order valence-corrected chi connectivity index (χ4v) is 0.615. The first-order valence-electron chi connectivity index (χ1n) is 3.08. The standard InChI is InChI=1S/C8H6N2O/c1-2-4-7(11)8-9-5-3-6-10-8/h1,3,5-6H,4H2. The number of hydrogen-bond acceptors (Lipinski definition) is 3. The van der Waals surface area contributed by atoms with Crippen molar-refractivity contribution in [1.29, 1.82) is 0 Å². The number of hydrogen-bond donors (Lipinski definition) is 0. The minimum absolute atomic E-state index is 0.0595. The Morgan fingerprint density at radius 2 is 2.18 bits per heavy atom. The topological polar surface area (TPSA) is 42.9 Å².